The highest BCUT2D eigenvalue weighted by Gasteiger charge is 2.24. The van der Waals surface area contributed by atoms with Crippen molar-refractivity contribution in [2.45, 2.75) is 19.8 Å². The minimum absolute atomic E-state index is 0.0266. The molecular weight excluding hydrogens is 536 g/mol. The summed E-state index contributed by atoms with van der Waals surface area (Å²) < 4.78 is 16.5. The molecule has 218 valence electrons. The molecule has 0 bridgehead atoms. The number of ether oxygens (including phenoxy) is 2. The normalized spacial score (nSPS) is 10.6. The van der Waals surface area contributed by atoms with Crippen molar-refractivity contribution in [2.24, 2.45) is 0 Å². The highest BCUT2D eigenvalue weighted by atomic mass is 16.5. The Labute approximate surface area is 244 Å². The highest BCUT2D eigenvalue weighted by molar-refractivity contribution is 6.11. The zero-order valence-electron chi connectivity index (χ0n) is 23.9. The quantitative estimate of drug-likeness (QED) is 0.217. The maximum Gasteiger partial charge on any atom is 0.305 e. The Balaban J connectivity index is 1.65. The number of carboxylic acids is 1. The predicted molar refractivity (Wildman–Crippen MR) is 159 cm³/mol. The molecule has 0 aliphatic heterocycles. The van der Waals surface area contributed by atoms with Crippen LogP contribution < -0.4 is 14.4 Å². The third kappa shape index (κ3) is 6.98. The topological polar surface area (TPSA) is 110 Å². The van der Waals surface area contributed by atoms with Gasteiger partial charge in [-0.05, 0) is 60.4 Å². The smallest absolute Gasteiger partial charge is 0.305 e. The van der Waals surface area contributed by atoms with Crippen LogP contribution in [0, 0.1) is 0 Å². The Hall–Kier alpha value is -5.05. The Kier molecular flexibility index (Phi) is 9.99. The second-order valence-corrected chi connectivity index (χ2v) is 9.51. The Morgan fingerprint density at radius 3 is 2.10 bits per heavy atom. The van der Waals surface area contributed by atoms with E-state index in [1.165, 1.54) is 16.1 Å². The number of anilines is 1. The van der Waals surface area contributed by atoms with Gasteiger partial charge in [0.2, 0.25) is 5.88 Å². The predicted octanol–water partition coefficient (Wildman–Crippen LogP) is 5.79. The van der Waals surface area contributed by atoms with Crippen molar-refractivity contribution in [1.29, 1.82) is 0 Å². The third-order valence-corrected chi connectivity index (χ3v) is 6.83. The SMILES string of the molecule is CCOc1cc(CCN(CCC(=O)O)C(=O)c2ccccc2-c2ccccc2C(=O)N(C)c2ccco2)ccc1OC. The van der Waals surface area contributed by atoms with Crippen LogP contribution >= 0.6 is 0 Å². The van der Waals surface area contributed by atoms with Gasteiger partial charge in [0, 0.05) is 37.3 Å². The van der Waals surface area contributed by atoms with Crippen molar-refractivity contribution in [3.8, 4) is 22.6 Å². The molecule has 4 rings (SSSR count). The van der Waals surface area contributed by atoms with E-state index in [2.05, 4.69) is 0 Å². The van der Waals surface area contributed by atoms with E-state index >= 15 is 0 Å². The molecule has 0 spiro atoms. The first-order chi connectivity index (χ1) is 20.3. The van der Waals surface area contributed by atoms with E-state index in [0.717, 1.165) is 5.56 Å². The summed E-state index contributed by atoms with van der Waals surface area (Å²) >= 11 is 0. The number of hydrogen-bond acceptors (Lipinski definition) is 6. The molecule has 0 radical (unpaired) electrons. The molecule has 1 heterocycles. The van der Waals surface area contributed by atoms with Crippen molar-refractivity contribution >= 4 is 23.7 Å². The molecule has 1 N–H and O–H groups in total. The summed E-state index contributed by atoms with van der Waals surface area (Å²) in [4.78, 5) is 41.9. The second kappa shape index (κ2) is 14.0. The Morgan fingerprint density at radius 2 is 1.50 bits per heavy atom. The van der Waals surface area contributed by atoms with Gasteiger partial charge in [-0.25, -0.2) is 0 Å². The summed E-state index contributed by atoms with van der Waals surface area (Å²) in [5.74, 6) is -0.0143. The molecule has 1 aromatic heterocycles. The van der Waals surface area contributed by atoms with Gasteiger partial charge >= 0.3 is 5.97 Å². The van der Waals surface area contributed by atoms with Crippen LogP contribution in [-0.4, -0.2) is 61.6 Å². The molecule has 3 aromatic carbocycles. The summed E-state index contributed by atoms with van der Waals surface area (Å²) in [5, 5.41) is 9.40. The second-order valence-electron chi connectivity index (χ2n) is 9.51. The number of carbonyl (C=O) groups excluding carboxylic acids is 2. The number of aliphatic carboxylic acids is 1. The average Bonchev–Trinajstić information content (AvgIpc) is 3.55. The number of methoxy groups -OCH3 is 1. The number of nitrogens with zero attached hydrogens (tertiary/aromatic N) is 2. The van der Waals surface area contributed by atoms with Crippen LogP contribution in [0.2, 0.25) is 0 Å². The molecule has 9 nitrogen and oxygen atoms in total. The Morgan fingerprint density at radius 1 is 0.833 bits per heavy atom. The lowest BCUT2D eigenvalue weighted by Crippen LogP contribution is -2.35. The van der Waals surface area contributed by atoms with Crippen molar-refractivity contribution in [2.75, 3.05) is 38.8 Å². The van der Waals surface area contributed by atoms with E-state index in [0.29, 0.717) is 52.7 Å². The number of rotatable bonds is 13. The maximum atomic E-state index is 14.0. The number of carbonyl (C=O) groups is 3. The fourth-order valence-electron chi connectivity index (χ4n) is 4.68. The van der Waals surface area contributed by atoms with E-state index in [9.17, 15) is 19.5 Å². The summed E-state index contributed by atoms with van der Waals surface area (Å²) in [5.41, 5.74) is 2.84. The van der Waals surface area contributed by atoms with Gasteiger partial charge in [0.15, 0.2) is 11.5 Å². The number of amides is 2. The van der Waals surface area contributed by atoms with Crippen LogP contribution in [0.15, 0.2) is 89.5 Å². The molecule has 0 atom stereocenters. The lowest BCUT2D eigenvalue weighted by molar-refractivity contribution is -0.137. The van der Waals surface area contributed by atoms with Crippen molar-refractivity contribution < 1.29 is 33.4 Å². The maximum absolute atomic E-state index is 14.0. The zero-order chi connectivity index (χ0) is 30.1. The third-order valence-electron chi connectivity index (χ3n) is 6.83. The van der Waals surface area contributed by atoms with Crippen molar-refractivity contribution in [3.63, 3.8) is 0 Å². The van der Waals surface area contributed by atoms with Crippen LogP contribution in [0.25, 0.3) is 11.1 Å². The molecule has 0 aliphatic rings. The number of carboxylic acid groups (broad SMARTS) is 1. The fraction of sp³-hybridized carbons (Fsp3) is 0.242. The van der Waals surface area contributed by atoms with Crippen molar-refractivity contribution in [1.82, 2.24) is 4.90 Å². The first-order valence-electron chi connectivity index (χ1n) is 13.6. The average molecular weight is 571 g/mol. The van der Waals surface area contributed by atoms with Gasteiger partial charge in [-0.2, -0.15) is 0 Å². The molecule has 42 heavy (non-hydrogen) atoms. The summed E-state index contributed by atoms with van der Waals surface area (Å²) in [7, 11) is 3.20. The molecule has 0 saturated carbocycles. The van der Waals surface area contributed by atoms with E-state index in [4.69, 9.17) is 13.9 Å². The van der Waals surface area contributed by atoms with E-state index in [-0.39, 0.29) is 31.3 Å². The van der Waals surface area contributed by atoms with Crippen molar-refractivity contribution in [3.05, 3.63) is 102 Å². The summed E-state index contributed by atoms with van der Waals surface area (Å²) in [6, 6.07) is 23.1. The largest absolute Gasteiger partial charge is 0.493 e. The molecule has 4 aromatic rings. The lowest BCUT2D eigenvalue weighted by atomic mass is 9.94. The molecule has 9 heteroatoms. The number of furan rings is 1. The standard InChI is InChI=1S/C33H34N2O7/c1-4-41-29-22-23(15-16-28(29)40-3)17-19-35(20-18-31(36)37)33(39)27-13-8-6-11-25(27)24-10-5-7-12-26(24)32(38)34(2)30-14-9-21-42-30/h5-16,21-22H,4,17-20H2,1-3H3,(H,36,37). The van der Waals surface area contributed by atoms with Gasteiger partial charge in [-0.15, -0.1) is 0 Å². The van der Waals surface area contributed by atoms with Crippen LogP contribution in [0.3, 0.4) is 0 Å². The summed E-state index contributed by atoms with van der Waals surface area (Å²) in [6.07, 6.45) is 1.76. The first kappa shape index (κ1) is 29.9. The molecule has 0 saturated heterocycles. The minimum atomic E-state index is -0.999. The monoisotopic (exact) mass is 570 g/mol. The highest BCUT2D eigenvalue weighted by Crippen LogP contribution is 2.31. The number of benzene rings is 3. The fourth-order valence-corrected chi connectivity index (χ4v) is 4.68. The first-order valence-corrected chi connectivity index (χ1v) is 13.6. The Bertz CT molecular complexity index is 1530. The number of hydrogen-bond donors (Lipinski definition) is 1. The van der Waals surface area contributed by atoms with Gasteiger partial charge in [-0.3, -0.25) is 19.3 Å². The van der Waals surface area contributed by atoms with E-state index in [1.54, 1.807) is 68.8 Å². The zero-order valence-corrected chi connectivity index (χ0v) is 23.9. The van der Waals surface area contributed by atoms with Gasteiger partial charge in [0.1, 0.15) is 0 Å². The molecule has 0 unspecified atom stereocenters. The van der Waals surface area contributed by atoms with Crippen LogP contribution in [0.5, 0.6) is 11.5 Å². The molecule has 2 amide bonds. The van der Waals surface area contributed by atoms with Gasteiger partial charge < -0.3 is 23.9 Å². The van der Waals surface area contributed by atoms with Gasteiger partial charge in [-0.1, -0.05) is 42.5 Å². The van der Waals surface area contributed by atoms with E-state index < -0.39 is 5.97 Å². The van der Waals surface area contributed by atoms with Gasteiger partial charge in [0.05, 0.1) is 26.4 Å². The lowest BCUT2D eigenvalue weighted by Gasteiger charge is -2.24. The van der Waals surface area contributed by atoms with Gasteiger partial charge in [0.25, 0.3) is 11.8 Å². The molecular formula is C33H34N2O7. The van der Waals surface area contributed by atoms with E-state index in [1.807, 2.05) is 31.2 Å². The minimum Gasteiger partial charge on any atom is -0.493 e. The van der Waals surface area contributed by atoms with Crippen LogP contribution in [0.4, 0.5) is 5.88 Å². The summed E-state index contributed by atoms with van der Waals surface area (Å²) in [6.45, 7) is 2.66. The molecule has 0 fully saturated rings. The van der Waals surface area contributed by atoms with Crippen LogP contribution in [0.1, 0.15) is 39.6 Å². The van der Waals surface area contributed by atoms with Crippen LogP contribution in [-0.2, 0) is 11.2 Å². The molecule has 0 aliphatic carbocycles.